The van der Waals surface area contributed by atoms with E-state index >= 15 is 0 Å². The number of rotatable bonds is 5. The van der Waals surface area contributed by atoms with Gasteiger partial charge in [-0.3, -0.25) is 0 Å². The molecule has 1 aromatic rings. The molecule has 2 rings (SSSR count). The predicted molar refractivity (Wildman–Crippen MR) is 93.7 cm³/mol. The molecule has 0 saturated heterocycles. The molecule has 0 heterocycles. The van der Waals surface area contributed by atoms with Gasteiger partial charge in [0.15, 0.2) is 0 Å². The lowest BCUT2D eigenvalue weighted by atomic mass is 9.75. The third-order valence-electron chi connectivity index (χ3n) is 4.82. The first-order valence-electron chi connectivity index (χ1n) is 8.59. The van der Waals surface area contributed by atoms with E-state index in [2.05, 4.69) is 20.8 Å². The largest absolute Gasteiger partial charge is 0.478 e. The topological polar surface area (TPSA) is 63.6 Å². The predicted octanol–water partition coefficient (Wildman–Crippen LogP) is 4.40. The fraction of sp³-hybridized carbons (Fsp3) is 0.500. The maximum Gasteiger partial charge on any atom is 0.336 e. The molecule has 4 heteroatoms. The number of hydrogen-bond donors (Lipinski definition) is 1. The van der Waals surface area contributed by atoms with Crippen LogP contribution >= 0.6 is 0 Å². The Morgan fingerprint density at radius 3 is 2.62 bits per heavy atom. The van der Waals surface area contributed by atoms with Crippen molar-refractivity contribution in [2.45, 2.75) is 46.1 Å². The van der Waals surface area contributed by atoms with E-state index in [9.17, 15) is 9.59 Å². The van der Waals surface area contributed by atoms with Gasteiger partial charge < -0.3 is 9.84 Å². The van der Waals surface area contributed by atoms with Crippen LogP contribution in [0.25, 0.3) is 6.08 Å². The molecule has 1 saturated carbocycles. The molecule has 1 aliphatic carbocycles. The lowest BCUT2D eigenvalue weighted by Crippen LogP contribution is -2.35. The number of esters is 1. The van der Waals surface area contributed by atoms with Crippen LogP contribution in [0.4, 0.5) is 0 Å². The van der Waals surface area contributed by atoms with Crippen LogP contribution in [0.5, 0.6) is 0 Å². The van der Waals surface area contributed by atoms with Crippen molar-refractivity contribution < 1.29 is 19.4 Å². The van der Waals surface area contributed by atoms with Gasteiger partial charge in [0.1, 0.15) is 6.10 Å². The Kier molecular flexibility index (Phi) is 6.18. The summed E-state index contributed by atoms with van der Waals surface area (Å²) < 4.78 is 5.68. The van der Waals surface area contributed by atoms with E-state index in [1.807, 2.05) is 0 Å². The lowest BCUT2D eigenvalue weighted by Gasteiger charge is -2.36. The highest BCUT2D eigenvalue weighted by Crippen LogP contribution is 2.35. The maximum absolute atomic E-state index is 12.2. The van der Waals surface area contributed by atoms with E-state index in [1.165, 1.54) is 24.6 Å². The Morgan fingerprint density at radius 1 is 1.25 bits per heavy atom. The number of carboxylic acids is 1. The molecule has 0 aromatic heterocycles. The third-order valence-corrected chi connectivity index (χ3v) is 4.82. The number of hydrogen-bond acceptors (Lipinski definition) is 3. The molecule has 0 spiro atoms. The highest BCUT2D eigenvalue weighted by molar-refractivity contribution is 5.94. The van der Waals surface area contributed by atoms with Crippen LogP contribution in [0, 0.1) is 17.8 Å². The first-order valence-corrected chi connectivity index (χ1v) is 8.59. The number of carbonyl (C=O) groups is 2. The summed E-state index contributed by atoms with van der Waals surface area (Å²) >= 11 is 0. The van der Waals surface area contributed by atoms with Crippen molar-refractivity contribution in [3.05, 3.63) is 41.5 Å². The summed E-state index contributed by atoms with van der Waals surface area (Å²) in [5, 5.41) is 9.17. The van der Waals surface area contributed by atoms with Gasteiger partial charge in [-0.2, -0.15) is 0 Å². The second kappa shape index (κ2) is 8.13. The summed E-state index contributed by atoms with van der Waals surface area (Å²) in [5.41, 5.74) is 0.673. The quantitative estimate of drug-likeness (QED) is 0.642. The average molecular weight is 330 g/mol. The zero-order chi connectivity index (χ0) is 17.7. The lowest BCUT2D eigenvalue weighted by molar-refractivity contribution is -0.149. The Morgan fingerprint density at radius 2 is 1.96 bits per heavy atom. The number of benzene rings is 1. The van der Waals surface area contributed by atoms with Gasteiger partial charge in [0.2, 0.25) is 0 Å². The molecule has 1 N–H and O–H groups in total. The van der Waals surface area contributed by atoms with Gasteiger partial charge >= 0.3 is 11.9 Å². The molecule has 24 heavy (non-hydrogen) atoms. The molecule has 1 fully saturated rings. The number of carbonyl (C=O) groups excluding carboxylic acids is 1. The van der Waals surface area contributed by atoms with Crippen LogP contribution in [0.2, 0.25) is 0 Å². The standard InChI is InChI=1S/C20H26O4/c1-13(2)16-10-8-14(3)12-18(16)24-19(21)11-9-15-6-4-5-7-17(15)20(22)23/h4-7,9,11,13-14,16,18H,8,10,12H2,1-3H3,(H,22,23)/b11-9+/t14-,16+,18-/m1/s1. The van der Waals surface area contributed by atoms with Gasteiger partial charge in [-0.25, -0.2) is 9.59 Å². The van der Waals surface area contributed by atoms with E-state index in [4.69, 9.17) is 9.84 Å². The summed E-state index contributed by atoms with van der Waals surface area (Å²) in [6.45, 7) is 6.52. The van der Waals surface area contributed by atoms with Gasteiger partial charge in [0.05, 0.1) is 5.56 Å². The minimum absolute atomic E-state index is 0.0550. The van der Waals surface area contributed by atoms with Crippen molar-refractivity contribution in [2.24, 2.45) is 17.8 Å². The highest BCUT2D eigenvalue weighted by atomic mass is 16.5. The second-order valence-corrected chi connectivity index (χ2v) is 7.03. The van der Waals surface area contributed by atoms with Crippen molar-refractivity contribution >= 4 is 18.0 Å². The van der Waals surface area contributed by atoms with E-state index in [0.29, 0.717) is 23.3 Å². The zero-order valence-corrected chi connectivity index (χ0v) is 14.6. The van der Waals surface area contributed by atoms with E-state index in [0.717, 1.165) is 12.8 Å². The molecule has 130 valence electrons. The molecule has 0 aliphatic heterocycles. The van der Waals surface area contributed by atoms with Crippen LogP contribution in [0.3, 0.4) is 0 Å². The first-order chi connectivity index (χ1) is 11.4. The summed E-state index contributed by atoms with van der Waals surface area (Å²) in [4.78, 5) is 23.4. The first kappa shape index (κ1) is 18.2. The summed E-state index contributed by atoms with van der Waals surface area (Å²) in [6, 6.07) is 6.60. The van der Waals surface area contributed by atoms with Crippen LogP contribution < -0.4 is 0 Å². The number of carboxylic acid groups (broad SMARTS) is 1. The van der Waals surface area contributed by atoms with Crippen LogP contribution in [0.15, 0.2) is 30.3 Å². The molecule has 1 aliphatic rings. The molecule has 3 atom stereocenters. The fourth-order valence-corrected chi connectivity index (χ4v) is 3.43. The van der Waals surface area contributed by atoms with Gasteiger partial charge in [-0.05, 0) is 48.3 Å². The van der Waals surface area contributed by atoms with E-state index < -0.39 is 11.9 Å². The molecule has 0 radical (unpaired) electrons. The maximum atomic E-state index is 12.2. The van der Waals surface area contributed by atoms with Crippen LogP contribution in [-0.2, 0) is 9.53 Å². The molecule has 1 aromatic carbocycles. The summed E-state index contributed by atoms with van der Waals surface area (Å²) in [7, 11) is 0. The smallest absolute Gasteiger partial charge is 0.336 e. The molecule has 0 bridgehead atoms. The second-order valence-electron chi connectivity index (χ2n) is 7.03. The SMILES string of the molecule is CC(C)[C@@H]1CC[C@@H](C)C[C@H]1OC(=O)/C=C/c1ccccc1C(=O)O. The highest BCUT2D eigenvalue weighted by Gasteiger charge is 2.32. The minimum Gasteiger partial charge on any atom is -0.478 e. The van der Waals surface area contributed by atoms with Gasteiger partial charge in [-0.15, -0.1) is 0 Å². The fourth-order valence-electron chi connectivity index (χ4n) is 3.43. The van der Waals surface area contributed by atoms with Crippen molar-refractivity contribution in [3.8, 4) is 0 Å². The average Bonchev–Trinajstić information content (AvgIpc) is 2.53. The Balaban J connectivity index is 2.05. The third kappa shape index (κ3) is 4.70. The van der Waals surface area contributed by atoms with Gasteiger partial charge in [-0.1, -0.05) is 45.4 Å². The summed E-state index contributed by atoms with van der Waals surface area (Å²) in [5.74, 6) is 0.0240. The van der Waals surface area contributed by atoms with Crippen molar-refractivity contribution in [2.75, 3.05) is 0 Å². The van der Waals surface area contributed by atoms with Crippen molar-refractivity contribution in [1.82, 2.24) is 0 Å². The molecular weight excluding hydrogens is 304 g/mol. The molecule has 0 amide bonds. The Hall–Kier alpha value is -2.10. The normalized spacial score (nSPS) is 24.2. The zero-order valence-electron chi connectivity index (χ0n) is 14.6. The summed E-state index contributed by atoms with van der Waals surface area (Å²) in [6.07, 6.45) is 5.95. The Labute approximate surface area is 143 Å². The molecule has 4 nitrogen and oxygen atoms in total. The number of aromatic carboxylic acids is 1. The number of ether oxygens (including phenoxy) is 1. The van der Waals surface area contributed by atoms with Gasteiger partial charge in [0, 0.05) is 6.08 Å². The monoisotopic (exact) mass is 330 g/mol. The minimum atomic E-state index is -1.01. The molecule has 0 unspecified atom stereocenters. The Bertz CT molecular complexity index is 618. The van der Waals surface area contributed by atoms with Crippen molar-refractivity contribution in [1.29, 1.82) is 0 Å². The van der Waals surface area contributed by atoms with E-state index in [-0.39, 0.29) is 11.7 Å². The van der Waals surface area contributed by atoms with Crippen LogP contribution in [0.1, 0.15) is 56.0 Å². The van der Waals surface area contributed by atoms with E-state index in [1.54, 1.807) is 18.2 Å². The molecular formula is C20H26O4. The van der Waals surface area contributed by atoms with Crippen LogP contribution in [-0.4, -0.2) is 23.1 Å². The van der Waals surface area contributed by atoms with Crippen molar-refractivity contribution in [3.63, 3.8) is 0 Å². The van der Waals surface area contributed by atoms with Gasteiger partial charge in [0.25, 0.3) is 0 Å².